The van der Waals surface area contributed by atoms with Gasteiger partial charge in [-0.25, -0.2) is 4.98 Å². The normalized spacial score (nSPS) is 18.5. The first-order valence-corrected chi connectivity index (χ1v) is 10.6. The molecule has 2 fully saturated rings. The molecule has 0 radical (unpaired) electrons. The van der Waals surface area contributed by atoms with E-state index in [9.17, 15) is 5.26 Å². The predicted octanol–water partition coefficient (Wildman–Crippen LogP) is 1.96. The fourth-order valence-electron chi connectivity index (χ4n) is 4.19. The van der Waals surface area contributed by atoms with Crippen LogP contribution in [0.1, 0.15) is 18.4 Å². The Morgan fingerprint density at radius 1 is 0.871 bits per heavy atom. The molecule has 9 nitrogen and oxygen atoms in total. The second-order valence-electron chi connectivity index (χ2n) is 7.85. The molecule has 2 saturated heterocycles. The van der Waals surface area contributed by atoms with Crippen molar-refractivity contribution in [2.45, 2.75) is 18.3 Å². The minimum Gasteiger partial charge on any atom is -0.378 e. The monoisotopic (exact) mass is 416 g/mol. The van der Waals surface area contributed by atoms with Crippen molar-refractivity contribution in [1.29, 1.82) is 5.26 Å². The van der Waals surface area contributed by atoms with Gasteiger partial charge in [0, 0.05) is 38.6 Å². The summed E-state index contributed by atoms with van der Waals surface area (Å²) in [6.45, 7) is 4.23. The Kier molecular flexibility index (Phi) is 5.22. The van der Waals surface area contributed by atoms with Crippen LogP contribution in [0.4, 0.5) is 11.9 Å². The third kappa shape index (κ3) is 3.82. The zero-order valence-corrected chi connectivity index (χ0v) is 17.3. The van der Waals surface area contributed by atoms with Gasteiger partial charge in [0.2, 0.25) is 17.8 Å². The zero-order chi connectivity index (χ0) is 21.1. The number of anilines is 2. The molecule has 2 aliphatic rings. The predicted molar refractivity (Wildman–Crippen MR) is 115 cm³/mol. The molecule has 1 aromatic carbocycles. The molecule has 2 aromatic heterocycles. The van der Waals surface area contributed by atoms with Crippen molar-refractivity contribution >= 4 is 11.9 Å². The van der Waals surface area contributed by atoms with E-state index in [1.165, 1.54) is 0 Å². The van der Waals surface area contributed by atoms with Crippen molar-refractivity contribution in [2.75, 3.05) is 49.2 Å². The third-order valence-electron chi connectivity index (χ3n) is 6.07. The highest BCUT2D eigenvalue weighted by atomic mass is 16.5. The van der Waals surface area contributed by atoms with E-state index in [1.54, 1.807) is 17.1 Å². The summed E-state index contributed by atoms with van der Waals surface area (Å²) in [5.41, 5.74) is 0.617. The molecule has 0 N–H and O–H groups in total. The fraction of sp³-hybridized carbons (Fsp3) is 0.409. The van der Waals surface area contributed by atoms with Crippen LogP contribution in [0.3, 0.4) is 0 Å². The van der Waals surface area contributed by atoms with E-state index in [-0.39, 0.29) is 0 Å². The van der Waals surface area contributed by atoms with Crippen LogP contribution in [0.2, 0.25) is 0 Å². The maximum Gasteiger partial charge on any atom is 0.241 e. The van der Waals surface area contributed by atoms with Crippen molar-refractivity contribution < 1.29 is 4.74 Å². The van der Waals surface area contributed by atoms with Crippen molar-refractivity contribution in [1.82, 2.24) is 24.5 Å². The molecule has 3 aromatic rings. The average Bonchev–Trinajstić information content (AvgIpc) is 3.40. The first-order valence-electron chi connectivity index (χ1n) is 10.6. The van der Waals surface area contributed by atoms with Crippen LogP contribution in [0.15, 0.2) is 49.1 Å². The number of benzene rings is 1. The molecule has 0 amide bonds. The number of morpholine rings is 1. The van der Waals surface area contributed by atoms with Gasteiger partial charge in [0.15, 0.2) is 0 Å². The standard InChI is InChI=1S/C22H24N8O/c23-16-22(18-4-2-1-3-5-18)6-9-28(10-7-22)19-25-20(29-12-14-31-15-13-29)27-21(26-19)30-11-8-24-17-30/h1-5,8,11,17H,6-7,9-10,12-15H2. The van der Waals surface area contributed by atoms with E-state index in [1.807, 2.05) is 24.4 Å². The van der Waals surface area contributed by atoms with E-state index in [2.05, 4.69) is 38.0 Å². The zero-order valence-electron chi connectivity index (χ0n) is 17.3. The summed E-state index contributed by atoms with van der Waals surface area (Å²) in [5, 5.41) is 10.00. The Labute approximate surface area is 181 Å². The van der Waals surface area contributed by atoms with E-state index in [0.29, 0.717) is 44.1 Å². The van der Waals surface area contributed by atoms with Gasteiger partial charge in [0.25, 0.3) is 0 Å². The summed E-state index contributed by atoms with van der Waals surface area (Å²) in [5.74, 6) is 1.83. The van der Waals surface area contributed by atoms with Crippen LogP contribution in [-0.4, -0.2) is 63.9 Å². The fourth-order valence-corrected chi connectivity index (χ4v) is 4.19. The Bertz CT molecular complexity index is 1050. The molecular weight excluding hydrogens is 392 g/mol. The van der Waals surface area contributed by atoms with Crippen LogP contribution in [0.25, 0.3) is 5.95 Å². The lowest BCUT2D eigenvalue weighted by atomic mass is 9.74. The number of hydrogen-bond donors (Lipinski definition) is 0. The Hall–Kier alpha value is -3.51. The minimum absolute atomic E-state index is 0.467. The summed E-state index contributed by atoms with van der Waals surface area (Å²) in [7, 11) is 0. The van der Waals surface area contributed by atoms with E-state index in [4.69, 9.17) is 14.7 Å². The minimum atomic E-state index is -0.467. The number of piperidine rings is 1. The van der Waals surface area contributed by atoms with E-state index in [0.717, 1.165) is 31.5 Å². The highest BCUT2D eigenvalue weighted by molar-refractivity contribution is 5.44. The van der Waals surface area contributed by atoms with Gasteiger partial charge in [-0.1, -0.05) is 30.3 Å². The molecular formula is C22H24N8O. The summed E-state index contributed by atoms with van der Waals surface area (Å²) in [4.78, 5) is 22.6. The summed E-state index contributed by atoms with van der Waals surface area (Å²) < 4.78 is 7.27. The molecule has 5 rings (SSSR count). The Morgan fingerprint density at radius 2 is 1.52 bits per heavy atom. The van der Waals surface area contributed by atoms with Gasteiger partial charge in [0.1, 0.15) is 6.33 Å². The second kappa shape index (κ2) is 8.32. The molecule has 0 atom stereocenters. The first-order chi connectivity index (χ1) is 15.3. The topological polar surface area (TPSA) is 96.0 Å². The number of imidazole rings is 1. The number of hydrogen-bond acceptors (Lipinski definition) is 8. The molecule has 9 heteroatoms. The van der Waals surface area contributed by atoms with E-state index < -0.39 is 5.41 Å². The Morgan fingerprint density at radius 3 is 2.13 bits per heavy atom. The number of rotatable bonds is 4. The third-order valence-corrected chi connectivity index (χ3v) is 6.07. The largest absolute Gasteiger partial charge is 0.378 e. The highest BCUT2D eigenvalue weighted by Gasteiger charge is 2.37. The second-order valence-corrected chi connectivity index (χ2v) is 7.85. The van der Waals surface area contributed by atoms with Crippen LogP contribution in [0, 0.1) is 11.3 Å². The molecule has 0 saturated carbocycles. The molecule has 0 aliphatic carbocycles. The molecule has 0 unspecified atom stereocenters. The highest BCUT2D eigenvalue weighted by Crippen LogP contribution is 2.36. The van der Waals surface area contributed by atoms with Crippen LogP contribution in [0.5, 0.6) is 0 Å². The lowest BCUT2D eigenvalue weighted by molar-refractivity contribution is 0.122. The molecule has 4 heterocycles. The molecule has 2 aliphatic heterocycles. The Balaban J connectivity index is 1.43. The quantitative estimate of drug-likeness (QED) is 0.637. The molecule has 31 heavy (non-hydrogen) atoms. The molecule has 0 bridgehead atoms. The van der Waals surface area contributed by atoms with Gasteiger partial charge >= 0.3 is 0 Å². The van der Waals surface area contributed by atoms with Gasteiger partial charge in [0.05, 0.1) is 24.7 Å². The maximum atomic E-state index is 10.00. The van der Waals surface area contributed by atoms with Gasteiger partial charge in [-0.05, 0) is 18.4 Å². The lowest BCUT2D eigenvalue weighted by Crippen LogP contribution is -2.43. The van der Waals surface area contributed by atoms with Gasteiger partial charge < -0.3 is 14.5 Å². The summed E-state index contributed by atoms with van der Waals surface area (Å²) in [6.07, 6.45) is 6.68. The van der Waals surface area contributed by atoms with Crippen LogP contribution < -0.4 is 9.80 Å². The number of nitrogens with zero attached hydrogens (tertiary/aromatic N) is 8. The molecule has 0 spiro atoms. The first kappa shape index (κ1) is 19.5. The number of aromatic nitrogens is 5. The lowest BCUT2D eigenvalue weighted by Gasteiger charge is -2.38. The summed E-state index contributed by atoms with van der Waals surface area (Å²) >= 11 is 0. The number of ether oxygens (including phenoxy) is 1. The van der Waals surface area contributed by atoms with Crippen molar-refractivity contribution in [3.63, 3.8) is 0 Å². The average molecular weight is 416 g/mol. The maximum absolute atomic E-state index is 10.00. The van der Waals surface area contributed by atoms with Crippen molar-refractivity contribution in [3.05, 3.63) is 54.6 Å². The van der Waals surface area contributed by atoms with Gasteiger partial charge in [-0.2, -0.15) is 20.2 Å². The smallest absolute Gasteiger partial charge is 0.241 e. The van der Waals surface area contributed by atoms with Gasteiger partial charge in [-0.3, -0.25) is 4.57 Å². The van der Waals surface area contributed by atoms with Crippen LogP contribution >= 0.6 is 0 Å². The van der Waals surface area contributed by atoms with Crippen molar-refractivity contribution in [2.24, 2.45) is 0 Å². The van der Waals surface area contributed by atoms with E-state index >= 15 is 0 Å². The van der Waals surface area contributed by atoms with Crippen LogP contribution in [-0.2, 0) is 10.2 Å². The van der Waals surface area contributed by atoms with Crippen molar-refractivity contribution in [3.8, 4) is 12.0 Å². The molecule has 158 valence electrons. The summed E-state index contributed by atoms with van der Waals surface area (Å²) in [6, 6.07) is 12.7. The number of nitriles is 1. The SMILES string of the molecule is N#CC1(c2ccccc2)CCN(c2nc(N3CCOCC3)nc(-n3ccnc3)n2)CC1. The van der Waals surface area contributed by atoms with Gasteiger partial charge in [-0.15, -0.1) is 0 Å².